The van der Waals surface area contributed by atoms with Crippen LogP contribution in [0.1, 0.15) is 41.0 Å². The molecular weight excluding hydrogens is 292 g/mol. The molecule has 1 heterocycles. The molecule has 1 fully saturated rings. The van der Waals surface area contributed by atoms with E-state index < -0.39 is 8.56 Å². The molecule has 1 saturated heterocycles. The Bertz CT molecular complexity index is 439. The average Bonchev–Trinajstić information content (AvgIpc) is 2.42. The van der Waals surface area contributed by atoms with E-state index >= 15 is 0 Å². The van der Waals surface area contributed by atoms with Gasteiger partial charge < -0.3 is 13.6 Å². The van der Waals surface area contributed by atoms with Crippen LogP contribution in [0.25, 0.3) is 0 Å². The van der Waals surface area contributed by atoms with Gasteiger partial charge >= 0.3 is 8.56 Å². The minimum absolute atomic E-state index is 0.153. The van der Waals surface area contributed by atoms with Crippen LogP contribution in [0.15, 0.2) is 30.3 Å². The Morgan fingerprint density at radius 3 is 1.95 bits per heavy atom. The molecule has 0 radical (unpaired) electrons. The molecule has 2 rings (SSSR count). The number of hydrogen-bond acceptors (Lipinski definition) is 3. The summed E-state index contributed by atoms with van der Waals surface area (Å²) in [5.41, 5.74) is 0.214. The maximum absolute atomic E-state index is 6.53. The monoisotopic (exact) mass is 322 g/mol. The quantitative estimate of drug-likeness (QED) is 0.684. The van der Waals surface area contributed by atoms with E-state index in [2.05, 4.69) is 65.0 Å². The summed E-state index contributed by atoms with van der Waals surface area (Å²) in [7, 11) is -2.50. The lowest BCUT2D eigenvalue weighted by atomic mass is 9.85. The van der Waals surface area contributed by atoms with Gasteiger partial charge in [0.2, 0.25) is 0 Å². The third-order valence-corrected chi connectivity index (χ3v) is 8.37. The Balaban J connectivity index is 2.39. The Kier molecular flexibility index (Phi) is 5.83. The summed E-state index contributed by atoms with van der Waals surface area (Å²) >= 11 is 0. The number of rotatable bonds is 8. The lowest BCUT2D eigenvalue weighted by Crippen LogP contribution is -2.61. The summed E-state index contributed by atoms with van der Waals surface area (Å²) < 4.78 is 18.6. The molecule has 0 saturated carbocycles. The first kappa shape index (κ1) is 17.7. The van der Waals surface area contributed by atoms with E-state index in [0.717, 1.165) is 25.7 Å². The van der Waals surface area contributed by atoms with Gasteiger partial charge in [-0.15, -0.1) is 0 Å². The van der Waals surface area contributed by atoms with Gasteiger partial charge in [0, 0.05) is 23.7 Å². The minimum Gasteiger partial charge on any atom is -0.388 e. The summed E-state index contributed by atoms with van der Waals surface area (Å²) in [6.45, 7) is 12.3. The van der Waals surface area contributed by atoms with Gasteiger partial charge in [0.1, 0.15) is 0 Å². The van der Waals surface area contributed by atoms with E-state index in [1.807, 2.05) is 0 Å². The van der Waals surface area contributed by atoms with Gasteiger partial charge in [0.05, 0.1) is 13.2 Å². The predicted octanol–water partition coefficient (Wildman–Crippen LogP) is 3.61. The van der Waals surface area contributed by atoms with Gasteiger partial charge in [-0.2, -0.15) is 0 Å². The lowest BCUT2D eigenvalue weighted by Gasteiger charge is -2.47. The van der Waals surface area contributed by atoms with Gasteiger partial charge in [0.15, 0.2) is 0 Å². The largest absolute Gasteiger partial charge is 0.388 e. The number of hydrogen-bond donors (Lipinski definition) is 0. The van der Waals surface area contributed by atoms with Crippen LogP contribution in [-0.4, -0.2) is 34.0 Å². The van der Waals surface area contributed by atoms with Crippen molar-refractivity contribution in [3.63, 3.8) is 0 Å². The van der Waals surface area contributed by atoms with Crippen LogP contribution in [0.5, 0.6) is 0 Å². The van der Waals surface area contributed by atoms with Crippen molar-refractivity contribution >= 4 is 13.7 Å². The van der Waals surface area contributed by atoms with E-state index in [1.54, 1.807) is 0 Å². The van der Waals surface area contributed by atoms with Crippen molar-refractivity contribution in [1.82, 2.24) is 0 Å². The van der Waals surface area contributed by atoms with Crippen LogP contribution in [0.2, 0.25) is 6.04 Å². The molecule has 0 aliphatic carbocycles. The second-order valence-electron chi connectivity index (χ2n) is 6.98. The van der Waals surface area contributed by atoms with Crippen molar-refractivity contribution in [3.8, 4) is 0 Å². The maximum Gasteiger partial charge on any atom is 0.373 e. The van der Waals surface area contributed by atoms with Crippen molar-refractivity contribution in [2.45, 2.75) is 59.3 Å². The zero-order valence-electron chi connectivity index (χ0n) is 14.6. The first-order valence-electron chi connectivity index (χ1n) is 8.40. The molecule has 0 bridgehead atoms. The molecule has 0 amide bonds. The fraction of sp³-hybridized carbons (Fsp3) is 0.667. The molecule has 1 aromatic rings. The SMILES string of the molecule is CCC1(C[Si](OC(C)C)(OC(C)C)c2ccccc2)COC1. The van der Waals surface area contributed by atoms with Crippen molar-refractivity contribution in [3.05, 3.63) is 30.3 Å². The van der Waals surface area contributed by atoms with E-state index in [4.69, 9.17) is 13.6 Å². The van der Waals surface area contributed by atoms with E-state index in [0.29, 0.717) is 0 Å². The Morgan fingerprint density at radius 1 is 1.05 bits per heavy atom. The highest BCUT2D eigenvalue weighted by atomic mass is 28.4. The van der Waals surface area contributed by atoms with Gasteiger partial charge in [-0.25, -0.2) is 0 Å². The molecule has 1 aliphatic heterocycles. The summed E-state index contributed by atoms with van der Waals surface area (Å²) in [6.07, 6.45) is 1.42. The van der Waals surface area contributed by atoms with Gasteiger partial charge in [0.25, 0.3) is 0 Å². The second kappa shape index (κ2) is 7.26. The fourth-order valence-electron chi connectivity index (χ4n) is 3.12. The van der Waals surface area contributed by atoms with E-state index in [-0.39, 0.29) is 17.6 Å². The zero-order chi connectivity index (χ0) is 16.2. The molecule has 4 heteroatoms. The first-order valence-corrected chi connectivity index (χ1v) is 10.4. The highest BCUT2D eigenvalue weighted by Crippen LogP contribution is 2.40. The Hall–Kier alpha value is -0.683. The highest BCUT2D eigenvalue weighted by Gasteiger charge is 2.51. The second-order valence-corrected chi connectivity index (χ2v) is 9.88. The van der Waals surface area contributed by atoms with Crippen LogP contribution in [0, 0.1) is 5.41 Å². The van der Waals surface area contributed by atoms with E-state index in [9.17, 15) is 0 Å². The molecule has 0 N–H and O–H groups in total. The third-order valence-electron chi connectivity index (χ3n) is 4.24. The molecule has 3 nitrogen and oxygen atoms in total. The lowest BCUT2D eigenvalue weighted by molar-refractivity contribution is -0.108. The Labute approximate surface area is 136 Å². The summed E-state index contributed by atoms with van der Waals surface area (Å²) in [4.78, 5) is 0. The van der Waals surface area contributed by atoms with Crippen molar-refractivity contribution < 1.29 is 13.6 Å². The molecule has 1 aliphatic rings. The summed E-state index contributed by atoms with van der Waals surface area (Å²) in [5, 5.41) is 1.23. The van der Waals surface area contributed by atoms with Crippen molar-refractivity contribution in [2.75, 3.05) is 13.2 Å². The molecule has 124 valence electrons. The van der Waals surface area contributed by atoms with Crippen LogP contribution < -0.4 is 5.19 Å². The number of benzene rings is 1. The standard InChI is InChI=1S/C18H30O3Si/c1-6-18(12-19-13-18)14-22(20-15(2)3,21-16(4)5)17-10-8-7-9-11-17/h7-11,15-16H,6,12-14H2,1-5H3. The number of ether oxygens (including phenoxy) is 1. The molecule has 1 aromatic carbocycles. The molecule has 0 unspecified atom stereocenters. The average molecular weight is 323 g/mol. The zero-order valence-corrected chi connectivity index (χ0v) is 15.6. The van der Waals surface area contributed by atoms with Crippen molar-refractivity contribution in [1.29, 1.82) is 0 Å². The maximum atomic E-state index is 6.53. The van der Waals surface area contributed by atoms with Gasteiger partial charge in [-0.1, -0.05) is 37.3 Å². The van der Waals surface area contributed by atoms with E-state index in [1.165, 1.54) is 5.19 Å². The molecule has 0 aromatic heterocycles. The topological polar surface area (TPSA) is 27.7 Å². The van der Waals surface area contributed by atoms with Crippen LogP contribution in [0.3, 0.4) is 0 Å². The molecule has 0 atom stereocenters. The Morgan fingerprint density at radius 2 is 1.59 bits per heavy atom. The molecule has 0 spiro atoms. The molecule has 22 heavy (non-hydrogen) atoms. The van der Waals surface area contributed by atoms with Gasteiger partial charge in [-0.05, 0) is 39.3 Å². The van der Waals surface area contributed by atoms with Crippen LogP contribution >= 0.6 is 0 Å². The highest BCUT2D eigenvalue weighted by molar-refractivity contribution is 6.81. The minimum atomic E-state index is -2.50. The van der Waals surface area contributed by atoms with Crippen LogP contribution in [0.4, 0.5) is 0 Å². The first-order chi connectivity index (χ1) is 10.4. The van der Waals surface area contributed by atoms with Gasteiger partial charge in [-0.3, -0.25) is 0 Å². The van der Waals surface area contributed by atoms with Crippen molar-refractivity contribution in [2.24, 2.45) is 5.41 Å². The third kappa shape index (κ3) is 3.99. The smallest absolute Gasteiger partial charge is 0.373 e. The predicted molar refractivity (Wildman–Crippen MR) is 92.6 cm³/mol. The van der Waals surface area contributed by atoms with Crippen LogP contribution in [-0.2, 0) is 13.6 Å². The molecular formula is C18H30O3Si. The summed E-state index contributed by atoms with van der Waals surface area (Å²) in [6, 6.07) is 11.5. The fourth-order valence-corrected chi connectivity index (χ4v) is 7.48. The summed E-state index contributed by atoms with van der Waals surface area (Å²) in [5.74, 6) is 0. The normalized spacial score (nSPS) is 17.8.